The van der Waals surface area contributed by atoms with Gasteiger partial charge in [-0.2, -0.15) is 0 Å². The van der Waals surface area contributed by atoms with Crippen molar-refractivity contribution in [2.45, 2.75) is 31.7 Å². The van der Waals surface area contributed by atoms with Gasteiger partial charge in [0.05, 0.1) is 5.69 Å². The van der Waals surface area contributed by atoms with E-state index in [9.17, 15) is 0 Å². The summed E-state index contributed by atoms with van der Waals surface area (Å²) in [4.78, 5) is 4.08. The summed E-state index contributed by atoms with van der Waals surface area (Å²) in [6.45, 7) is 1.05. The van der Waals surface area contributed by atoms with Crippen LogP contribution in [0.2, 0.25) is 0 Å². The minimum absolute atomic E-state index is 0.444. The molecule has 1 heterocycles. The molecule has 1 aromatic rings. The smallest absolute Gasteiger partial charge is 0.0526 e. The van der Waals surface area contributed by atoms with Gasteiger partial charge >= 0.3 is 0 Å². The molecule has 0 spiro atoms. The van der Waals surface area contributed by atoms with Crippen LogP contribution in [0.15, 0.2) is 24.5 Å². The highest BCUT2D eigenvalue weighted by Gasteiger charge is 2.17. The molecule has 3 N–H and O–H groups in total. The summed E-state index contributed by atoms with van der Waals surface area (Å²) in [5.41, 5.74) is 6.99. The molecular formula is C12H19N3. The van der Waals surface area contributed by atoms with Crippen LogP contribution in [-0.4, -0.2) is 17.6 Å². The minimum Gasteiger partial charge on any atom is -0.384 e. The largest absolute Gasteiger partial charge is 0.384 e. The molecule has 1 aliphatic rings. The van der Waals surface area contributed by atoms with Gasteiger partial charge in [-0.15, -0.1) is 0 Å². The normalized spacial score (nSPS) is 26.2. The lowest BCUT2D eigenvalue weighted by Gasteiger charge is -2.26. The van der Waals surface area contributed by atoms with Crippen LogP contribution in [0.1, 0.15) is 25.7 Å². The first-order valence-electron chi connectivity index (χ1n) is 5.74. The Bertz CT molecular complexity index is 278. The highest BCUT2D eigenvalue weighted by Crippen LogP contribution is 2.23. The van der Waals surface area contributed by atoms with Crippen molar-refractivity contribution in [3.8, 4) is 0 Å². The van der Waals surface area contributed by atoms with Crippen LogP contribution < -0.4 is 11.1 Å². The van der Waals surface area contributed by atoms with Crippen LogP contribution in [0.4, 0.5) is 5.69 Å². The Hall–Kier alpha value is -1.09. The van der Waals surface area contributed by atoms with E-state index in [0.717, 1.165) is 18.2 Å². The van der Waals surface area contributed by atoms with Gasteiger partial charge in [-0.25, -0.2) is 0 Å². The first-order chi connectivity index (χ1) is 7.34. The highest BCUT2D eigenvalue weighted by atomic mass is 14.9. The summed E-state index contributed by atoms with van der Waals surface area (Å²) in [6, 6.07) is 4.46. The number of aromatic nitrogens is 1. The van der Waals surface area contributed by atoms with Gasteiger partial charge in [0.25, 0.3) is 0 Å². The number of hydrogen-bond donors (Lipinski definition) is 2. The maximum Gasteiger partial charge on any atom is 0.0526 e. The summed E-state index contributed by atoms with van der Waals surface area (Å²) >= 11 is 0. The van der Waals surface area contributed by atoms with Gasteiger partial charge in [0.1, 0.15) is 0 Å². The zero-order valence-corrected chi connectivity index (χ0v) is 9.02. The molecule has 3 nitrogen and oxygen atoms in total. The molecule has 2 rings (SSSR count). The molecule has 15 heavy (non-hydrogen) atoms. The molecule has 1 aliphatic carbocycles. The van der Waals surface area contributed by atoms with E-state index in [0.29, 0.717) is 6.04 Å². The molecule has 1 aromatic heterocycles. The molecule has 1 saturated carbocycles. The summed E-state index contributed by atoms with van der Waals surface area (Å²) in [5, 5.41) is 3.43. The fourth-order valence-corrected chi connectivity index (χ4v) is 2.12. The predicted octanol–water partition coefficient (Wildman–Crippen LogP) is 2.01. The Balaban J connectivity index is 1.74. The van der Waals surface area contributed by atoms with Gasteiger partial charge in [-0.05, 0) is 43.7 Å². The number of nitrogens with zero attached hydrogens (tertiary/aromatic N) is 1. The quantitative estimate of drug-likeness (QED) is 0.793. The Morgan fingerprint density at radius 2 is 2.13 bits per heavy atom. The lowest BCUT2D eigenvalue weighted by Crippen LogP contribution is -2.29. The van der Waals surface area contributed by atoms with Crippen LogP contribution in [-0.2, 0) is 0 Å². The van der Waals surface area contributed by atoms with E-state index >= 15 is 0 Å². The van der Waals surface area contributed by atoms with E-state index < -0.39 is 0 Å². The van der Waals surface area contributed by atoms with Gasteiger partial charge < -0.3 is 11.1 Å². The van der Waals surface area contributed by atoms with E-state index in [1.807, 2.05) is 12.3 Å². The molecule has 3 heteroatoms. The number of nitrogens with one attached hydrogen (secondary N) is 1. The average Bonchev–Trinajstić information content (AvgIpc) is 2.30. The van der Waals surface area contributed by atoms with Crippen molar-refractivity contribution < 1.29 is 0 Å². The molecule has 82 valence electrons. The van der Waals surface area contributed by atoms with Crippen molar-refractivity contribution >= 4 is 5.69 Å². The zero-order valence-electron chi connectivity index (χ0n) is 9.02. The maximum atomic E-state index is 5.87. The number of pyridine rings is 1. The third-order valence-electron chi connectivity index (χ3n) is 3.15. The van der Waals surface area contributed by atoms with Gasteiger partial charge in [0.2, 0.25) is 0 Å². The second-order valence-corrected chi connectivity index (χ2v) is 4.40. The summed E-state index contributed by atoms with van der Waals surface area (Å²) in [7, 11) is 0. The van der Waals surface area contributed by atoms with Crippen molar-refractivity contribution in [2.75, 3.05) is 11.9 Å². The molecular weight excluding hydrogens is 186 g/mol. The minimum atomic E-state index is 0.444. The Kier molecular flexibility index (Phi) is 3.56. The molecule has 0 unspecified atom stereocenters. The Morgan fingerprint density at radius 3 is 2.80 bits per heavy atom. The third kappa shape index (κ3) is 3.20. The standard InChI is InChI=1S/C12H19N3/c13-11-5-3-10(4-6-11)8-15-12-2-1-7-14-9-12/h1-2,7,9-11,15H,3-6,8,13H2. The topological polar surface area (TPSA) is 50.9 Å². The second kappa shape index (κ2) is 5.12. The maximum absolute atomic E-state index is 5.87. The second-order valence-electron chi connectivity index (χ2n) is 4.40. The van der Waals surface area contributed by atoms with E-state index in [4.69, 9.17) is 5.73 Å². The van der Waals surface area contributed by atoms with E-state index in [1.54, 1.807) is 6.20 Å². The molecule has 0 amide bonds. The Labute approximate surface area is 91.1 Å². The number of rotatable bonds is 3. The average molecular weight is 205 g/mol. The highest BCUT2D eigenvalue weighted by molar-refractivity contribution is 5.39. The van der Waals surface area contributed by atoms with E-state index in [2.05, 4.69) is 16.4 Å². The van der Waals surface area contributed by atoms with Crippen LogP contribution >= 0.6 is 0 Å². The summed E-state index contributed by atoms with van der Waals surface area (Å²) < 4.78 is 0. The van der Waals surface area contributed by atoms with Gasteiger partial charge in [0.15, 0.2) is 0 Å². The van der Waals surface area contributed by atoms with Crippen LogP contribution in [0.5, 0.6) is 0 Å². The molecule has 1 fully saturated rings. The zero-order chi connectivity index (χ0) is 10.5. The third-order valence-corrected chi connectivity index (χ3v) is 3.15. The fraction of sp³-hybridized carbons (Fsp3) is 0.583. The lowest BCUT2D eigenvalue weighted by molar-refractivity contribution is 0.339. The van der Waals surface area contributed by atoms with Crippen molar-refractivity contribution in [3.63, 3.8) is 0 Å². The molecule has 0 aromatic carbocycles. The molecule has 0 saturated heterocycles. The van der Waals surface area contributed by atoms with Gasteiger partial charge in [0, 0.05) is 25.0 Å². The molecule has 0 atom stereocenters. The number of anilines is 1. The SMILES string of the molecule is NC1CCC(CNc2cccnc2)CC1. The van der Waals surface area contributed by atoms with E-state index in [1.165, 1.54) is 25.7 Å². The predicted molar refractivity (Wildman–Crippen MR) is 62.7 cm³/mol. The first-order valence-corrected chi connectivity index (χ1v) is 5.74. The van der Waals surface area contributed by atoms with E-state index in [-0.39, 0.29) is 0 Å². The fourth-order valence-electron chi connectivity index (χ4n) is 2.12. The van der Waals surface area contributed by atoms with Crippen LogP contribution in [0.3, 0.4) is 0 Å². The first kappa shape index (κ1) is 10.4. The lowest BCUT2D eigenvalue weighted by atomic mass is 9.86. The van der Waals surface area contributed by atoms with Crippen molar-refractivity contribution in [2.24, 2.45) is 11.7 Å². The summed E-state index contributed by atoms with van der Waals surface area (Å²) in [6.07, 6.45) is 8.54. The monoisotopic (exact) mass is 205 g/mol. The van der Waals surface area contributed by atoms with Crippen molar-refractivity contribution in [3.05, 3.63) is 24.5 Å². The van der Waals surface area contributed by atoms with Gasteiger partial charge in [-0.3, -0.25) is 4.98 Å². The Morgan fingerprint density at radius 1 is 1.33 bits per heavy atom. The van der Waals surface area contributed by atoms with Crippen LogP contribution in [0.25, 0.3) is 0 Å². The number of hydrogen-bond acceptors (Lipinski definition) is 3. The molecule has 0 bridgehead atoms. The molecule has 0 radical (unpaired) electrons. The van der Waals surface area contributed by atoms with Crippen molar-refractivity contribution in [1.29, 1.82) is 0 Å². The number of nitrogens with two attached hydrogens (primary N) is 1. The summed E-state index contributed by atoms with van der Waals surface area (Å²) in [5.74, 6) is 0.782. The van der Waals surface area contributed by atoms with Crippen LogP contribution in [0, 0.1) is 5.92 Å². The molecule has 0 aliphatic heterocycles. The van der Waals surface area contributed by atoms with Crippen molar-refractivity contribution in [1.82, 2.24) is 4.98 Å². The van der Waals surface area contributed by atoms with Gasteiger partial charge in [-0.1, -0.05) is 0 Å².